The maximum absolute atomic E-state index is 6.68. The molecule has 9 atom stereocenters. The fraction of sp³-hybridized carbons (Fsp3) is 0.877. The number of ether oxygens (including phenoxy) is 1. The fourth-order valence-corrected chi connectivity index (χ4v) is 13.3. The molecule has 59 heavy (non-hydrogen) atoms. The summed E-state index contributed by atoms with van der Waals surface area (Å²) in [5.74, 6) is 6.15. The summed E-state index contributed by atoms with van der Waals surface area (Å²) in [6, 6.07) is 0. The molecule has 0 heterocycles. The van der Waals surface area contributed by atoms with E-state index in [1.807, 2.05) is 0 Å². The van der Waals surface area contributed by atoms with E-state index >= 15 is 0 Å². The Morgan fingerprint density at radius 1 is 0.712 bits per heavy atom. The van der Waals surface area contributed by atoms with E-state index < -0.39 is 0 Å². The highest BCUT2D eigenvalue weighted by Crippen LogP contribution is 2.66. The van der Waals surface area contributed by atoms with Crippen LogP contribution in [0.1, 0.15) is 234 Å². The van der Waals surface area contributed by atoms with Crippen molar-refractivity contribution in [1.29, 1.82) is 0 Å². The average Bonchev–Trinajstić information content (AvgIpc) is 3.49. The molecule has 0 aromatic carbocycles. The SMILES string of the molecule is CCCCC/C=C\C/C=C\CCCCCCCCCCC(CCCCCO[C@H]1CC[C@@]2(C)C(=C=CCC3C4CCC(C(C)CCCC(C)C)[C@@]4(C)CCC32)C1)CN(C)C. The van der Waals surface area contributed by atoms with Gasteiger partial charge in [-0.05, 0) is 174 Å². The molecule has 0 radical (unpaired) electrons. The van der Waals surface area contributed by atoms with Gasteiger partial charge in [-0.25, -0.2) is 0 Å². The van der Waals surface area contributed by atoms with E-state index in [4.69, 9.17) is 4.74 Å². The number of fused-ring (bicyclic) bond motifs is 5. The van der Waals surface area contributed by atoms with Gasteiger partial charge in [0.2, 0.25) is 0 Å². The minimum Gasteiger partial charge on any atom is -0.378 e. The van der Waals surface area contributed by atoms with Crippen molar-refractivity contribution in [2.24, 2.45) is 52.3 Å². The summed E-state index contributed by atoms with van der Waals surface area (Å²) >= 11 is 0. The van der Waals surface area contributed by atoms with Crippen LogP contribution >= 0.6 is 0 Å². The van der Waals surface area contributed by atoms with E-state index in [0.29, 0.717) is 16.9 Å². The molecular formula is C57H101NO. The molecule has 3 fully saturated rings. The molecule has 4 rings (SSSR count). The molecule has 0 bridgehead atoms. The van der Waals surface area contributed by atoms with E-state index in [1.165, 1.54) is 186 Å². The number of rotatable bonds is 31. The molecule has 4 aliphatic rings. The Balaban J connectivity index is 1.05. The molecule has 0 aromatic heterocycles. The topological polar surface area (TPSA) is 12.5 Å². The van der Waals surface area contributed by atoms with Crippen molar-refractivity contribution in [3.05, 3.63) is 41.7 Å². The monoisotopic (exact) mass is 816 g/mol. The first-order chi connectivity index (χ1) is 28.6. The number of nitrogens with zero attached hydrogens (tertiary/aromatic N) is 1. The van der Waals surface area contributed by atoms with Gasteiger partial charge in [-0.1, -0.05) is 156 Å². The molecule has 0 spiro atoms. The second-order valence-corrected chi connectivity index (χ2v) is 22.2. The zero-order valence-corrected chi connectivity index (χ0v) is 41.0. The summed E-state index contributed by atoms with van der Waals surface area (Å²) in [4.78, 5) is 2.43. The first-order valence-electron chi connectivity index (χ1n) is 26.6. The number of hydrogen-bond donors (Lipinski definition) is 0. The third-order valence-electron chi connectivity index (χ3n) is 16.8. The lowest BCUT2D eigenvalue weighted by molar-refractivity contribution is -0.0554. The molecule has 0 saturated heterocycles. The van der Waals surface area contributed by atoms with E-state index in [2.05, 4.69) is 96.6 Å². The molecule has 0 N–H and O–H groups in total. The van der Waals surface area contributed by atoms with Crippen LogP contribution in [-0.2, 0) is 4.74 Å². The summed E-state index contributed by atoms with van der Waals surface area (Å²) in [7, 11) is 4.54. The lowest BCUT2D eigenvalue weighted by atomic mass is 9.49. The molecule has 4 aliphatic carbocycles. The molecule has 2 heteroatoms. The van der Waals surface area contributed by atoms with Gasteiger partial charge in [0.15, 0.2) is 0 Å². The molecule has 6 unspecified atom stereocenters. The Labute approximate surface area is 369 Å². The van der Waals surface area contributed by atoms with Crippen LogP contribution < -0.4 is 0 Å². The minimum atomic E-state index is 0.337. The van der Waals surface area contributed by atoms with Crippen molar-refractivity contribution in [3.8, 4) is 0 Å². The Morgan fingerprint density at radius 3 is 2.05 bits per heavy atom. The van der Waals surface area contributed by atoms with Crippen molar-refractivity contribution in [2.45, 2.75) is 240 Å². The van der Waals surface area contributed by atoms with Crippen LogP contribution in [-0.4, -0.2) is 38.3 Å². The fourth-order valence-electron chi connectivity index (χ4n) is 13.3. The van der Waals surface area contributed by atoms with Crippen molar-refractivity contribution in [3.63, 3.8) is 0 Å². The Kier molecular flexibility index (Phi) is 23.9. The van der Waals surface area contributed by atoms with Gasteiger partial charge in [-0.3, -0.25) is 0 Å². The number of hydrogen-bond acceptors (Lipinski definition) is 2. The van der Waals surface area contributed by atoms with Gasteiger partial charge < -0.3 is 9.64 Å². The van der Waals surface area contributed by atoms with E-state index in [-0.39, 0.29) is 0 Å². The lowest BCUT2D eigenvalue weighted by Gasteiger charge is -2.55. The first-order valence-corrected chi connectivity index (χ1v) is 26.6. The summed E-state index contributed by atoms with van der Waals surface area (Å²) in [5.41, 5.74) is 6.49. The summed E-state index contributed by atoms with van der Waals surface area (Å²) < 4.78 is 6.68. The average molecular weight is 816 g/mol. The van der Waals surface area contributed by atoms with Crippen LogP contribution in [0, 0.1) is 52.3 Å². The highest BCUT2D eigenvalue weighted by Gasteiger charge is 2.58. The molecule has 340 valence electrons. The predicted molar refractivity (Wildman–Crippen MR) is 260 cm³/mol. The minimum absolute atomic E-state index is 0.337. The molecular weight excluding hydrogens is 715 g/mol. The zero-order chi connectivity index (χ0) is 42.4. The number of unbranched alkanes of at least 4 members (excludes halogenated alkanes) is 13. The van der Waals surface area contributed by atoms with Gasteiger partial charge in [-0.2, -0.15) is 0 Å². The van der Waals surface area contributed by atoms with E-state index in [1.54, 1.807) is 5.57 Å². The third-order valence-corrected chi connectivity index (χ3v) is 16.8. The Morgan fingerprint density at radius 2 is 1.37 bits per heavy atom. The first kappa shape index (κ1) is 50.6. The summed E-state index contributed by atoms with van der Waals surface area (Å²) in [6.07, 6.45) is 53.3. The van der Waals surface area contributed by atoms with Gasteiger partial charge >= 0.3 is 0 Å². The molecule has 3 saturated carbocycles. The maximum atomic E-state index is 6.68. The van der Waals surface area contributed by atoms with E-state index in [0.717, 1.165) is 60.9 Å². The highest BCUT2D eigenvalue weighted by atomic mass is 16.5. The highest BCUT2D eigenvalue weighted by molar-refractivity contribution is 5.23. The summed E-state index contributed by atoms with van der Waals surface area (Å²) in [5, 5.41) is 0. The van der Waals surface area contributed by atoms with Gasteiger partial charge in [0.25, 0.3) is 0 Å². The largest absolute Gasteiger partial charge is 0.378 e. The molecule has 0 aliphatic heterocycles. The predicted octanol–water partition coefficient (Wildman–Crippen LogP) is 17.3. The lowest BCUT2D eigenvalue weighted by Crippen LogP contribution is -2.48. The zero-order valence-electron chi connectivity index (χ0n) is 41.0. The second kappa shape index (κ2) is 27.9. The van der Waals surface area contributed by atoms with Crippen molar-refractivity contribution in [2.75, 3.05) is 27.2 Å². The summed E-state index contributed by atoms with van der Waals surface area (Å²) in [6.45, 7) is 17.3. The van der Waals surface area contributed by atoms with Crippen LogP contribution in [0.25, 0.3) is 0 Å². The van der Waals surface area contributed by atoms with Gasteiger partial charge in [0.1, 0.15) is 0 Å². The van der Waals surface area contributed by atoms with Crippen LogP contribution in [0.5, 0.6) is 0 Å². The van der Waals surface area contributed by atoms with E-state index in [9.17, 15) is 0 Å². The van der Waals surface area contributed by atoms with Crippen LogP contribution in [0.2, 0.25) is 0 Å². The molecule has 0 aromatic rings. The molecule has 2 nitrogen and oxygen atoms in total. The van der Waals surface area contributed by atoms with Crippen molar-refractivity contribution < 1.29 is 4.74 Å². The van der Waals surface area contributed by atoms with Crippen molar-refractivity contribution >= 4 is 0 Å². The second-order valence-electron chi connectivity index (χ2n) is 22.2. The Bertz CT molecular complexity index is 1240. The molecule has 0 amide bonds. The van der Waals surface area contributed by atoms with Gasteiger partial charge in [-0.15, -0.1) is 5.73 Å². The maximum Gasteiger partial charge on any atom is 0.0618 e. The number of allylic oxidation sites excluding steroid dienone is 4. The van der Waals surface area contributed by atoms with Gasteiger partial charge in [0.05, 0.1) is 6.10 Å². The Hall–Kier alpha value is -1.08. The van der Waals surface area contributed by atoms with Crippen LogP contribution in [0.4, 0.5) is 0 Å². The quantitative estimate of drug-likeness (QED) is 0.0393. The third kappa shape index (κ3) is 16.9. The normalized spacial score (nSPS) is 29.3. The van der Waals surface area contributed by atoms with Crippen LogP contribution in [0.15, 0.2) is 41.7 Å². The smallest absolute Gasteiger partial charge is 0.0618 e. The van der Waals surface area contributed by atoms with Crippen molar-refractivity contribution in [1.82, 2.24) is 4.90 Å². The van der Waals surface area contributed by atoms with Gasteiger partial charge in [0, 0.05) is 19.6 Å². The van der Waals surface area contributed by atoms with Crippen LogP contribution in [0.3, 0.4) is 0 Å². The standard InChI is InChI=1S/C57H101NO/c1-9-10-11-12-13-14-15-16-17-18-19-20-21-22-23-24-25-27-34-49(46-58(7)8)35-28-26-29-44-59-51-40-42-56(5)50(45-51)36-31-37-52-54-39-38-53(48(4)33-30-32-47(2)3)57(54,6)43-41-55(52)56/h13-14,16-17,31,47-49,51-55H,9-12,15,18-30,32-35,37-46H2,1-8H3/b14-13-,17-16-/t48?,49?,51-,52?,53?,54?,55?,56-,57+/m0/s1.